The zero-order valence-electron chi connectivity index (χ0n) is 13.0. The average molecular weight is 285 g/mol. The summed E-state index contributed by atoms with van der Waals surface area (Å²) in [4.78, 5) is 9.10. The van der Waals surface area contributed by atoms with Crippen molar-refractivity contribution in [1.82, 2.24) is 9.97 Å². The van der Waals surface area contributed by atoms with Crippen molar-refractivity contribution in [1.29, 1.82) is 0 Å². The molecule has 0 aliphatic rings. The van der Waals surface area contributed by atoms with E-state index in [0.29, 0.717) is 19.0 Å². The Kier molecular flexibility index (Phi) is 5.69. The number of benzene rings is 1. The first-order chi connectivity index (χ1) is 10.3. The lowest BCUT2D eigenvalue weighted by molar-refractivity contribution is 0.128. The highest BCUT2D eigenvalue weighted by Gasteiger charge is 2.07. The van der Waals surface area contributed by atoms with Crippen LogP contribution in [0, 0.1) is 0 Å². The normalized spacial score (nSPS) is 10.6. The van der Waals surface area contributed by atoms with Crippen LogP contribution in [0.1, 0.15) is 32.2 Å². The molecule has 0 saturated carbocycles. The molecule has 2 rings (SSSR count). The molecule has 21 heavy (non-hydrogen) atoms. The molecule has 4 heteroatoms. The smallest absolute Gasteiger partial charge is 0.157 e. The Hall–Kier alpha value is -1.94. The van der Waals surface area contributed by atoms with Gasteiger partial charge in [-0.1, -0.05) is 25.1 Å². The van der Waals surface area contributed by atoms with Crippen LogP contribution in [-0.4, -0.2) is 23.1 Å². The fourth-order valence-electron chi connectivity index (χ4n) is 2.13. The molecule has 0 amide bonds. The van der Waals surface area contributed by atoms with Crippen molar-refractivity contribution in [3.63, 3.8) is 0 Å². The van der Waals surface area contributed by atoms with E-state index in [0.717, 1.165) is 30.0 Å². The Morgan fingerprint density at radius 3 is 2.67 bits per heavy atom. The van der Waals surface area contributed by atoms with Gasteiger partial charge >= 0.3 is 0 Å². The summed E-state index contributed by atoms with van der Waals surface area (Å²) < 4.78 is 5.44. The second kappa shape index (κ2) is 7.74. The molecule has 0 aliphatic carbocycles. The van der Waals surface area contributed by atoms with Gasteiger partial charge in [-0.3, -0.25) is 0 Å². The highest BCUT2D eigenvalue weighted by atomic mass is 16.5. The zero-order chi connectivity index (χ0) is 15.1. The minimum absolute atomic E-state index is 0.441. The Bertz CT molecular complexity index is 584. The van der Waals surface area contributed by atoms with E-state index in [1.165, 1.54) is 5.56 Å². The van der Waals surface area contributed by atoms with Gasteiger partial charge < -0.3 is 10.1 Å². The summed E-state index contributed by atoms with van der Waals surface area (Å²) in [5.74, 6) is 1.56. The maximum Gasteiger partial charge on any atom is 0.157 e. The summed E-state index contributed by atoms with van der Waals surface area (Å²) in [6.45, 7) is 8.12. The Morgan fingerprint density at radius 1 is 1.10 bits per heavy atom. The predicted octanol–water partition coefficient (Wildman–Crippen LogP) is 3.67. The quantitative estimate of drug-likeness (QED) is 0.843. The molecule has 0 fully saturated rings. The predicted molar refractivity (Wildman–Crippen MR) is 86.3 cm³/mol. The minimum Gasteiger partial charge on any atom is -0.374 e. The lowest BCUT2D eigenvalue weighted by atomic mass is 10.1. The number of hydrogen-bond donors (Lipinski definition) is 1. The second-order valence-electron chi connectivity index (χ2n) is 4.78. The van der Waals surface area contributed by atoms with Gasteiger partial charge in [0, 0.05) is 24.8 Å². The van der Waals surface area contributed by atoms with Crippen LogP contribution in [0.4, 0.5) is 5.82 Å². The first-order valence-electron chi connectivity index (χ1n) is 7.55. The maximum absolute atomic E-state index is 5.44. The molecule has 0 bridgehead atoms. The van der Waals surface area contributed by atoms with Crippen LogP contribution in [0.25, 0.3) is 11.3 Å². The highest BCUT2D eigenvalue weighted by molar-refractivity contribution is 5.63. The van der Waals surface area contributed by atoms with E-state index >= 15 is 0 Å². The standard InChI is InChI=1S/C17H23N3O/c1-4-13-8-7-9-14(10-13)15-11-16(18-5-2)20-17(19-15)12-21-6-3/h7-11H,4-6,12H2,1-3H3,(H,18,19,20). The van der Waals surface area contributed by atoms with E-state index in [1.807, 2.05) is 13.0 Å². The van der Waals surface area contributed by atoms with Gasteiger partial charge in [-0.25, -0.2) is 9.97 Å². The third kappa shape index (κ3) is 4.26. The van der Waals surface area contributed by atoms with Crippen molar-refractivity contribution >= 4 is 5.82 Å². The molecule has 1 heterocycles. The fraction of sp³-hybridized carbons (Fsp3) is 0.412. The molecule has 4 nitrogen and oxygen atoms in total. The maximum atomic E-state index is 5.44. The summed E-state index contributed by atoms with van der Waals surface area (Å²) in [6.07, 6.45) is 1.02. The number of rotatable bonds is 7. The number of hydrogen-bond acceptors (Lipinski definition) is 4. The Balaban J connectivity index is 2.37. The summed E-state index contributed by atoms with van der Waals surface area (Å²) in [5, 5.41) is 3.26. The largest absolute Gasteiger partial charge is 0.374 e. The molecule has 0 unspecified atom stereocenters. The molecule has 112 valence electrons. The fourth-order valence-corrected chi connectivity index (χ4v) is 2.13. The monoisotopic (exact) mass is 285 g/mol. The van der Waals surface area contributed by atoms with Gasteiger partial charge in [0.15, 0.2) is 5.82 Å². The van der Waals surface area contributed by atoms with Gasteiger partial charge in [-0.2, -0.15) is 0 Å². The van der Waals surface area contributed by atoms with Crippen molar-refractivity contribution in [3.8, 4) is 11.3 Å². The number of aryl methyl sites for hydroxylation is 1. The molecule has 0 atom stereocenters. The third-order valence-electron chi connectivity index (χ3n) is 3.20. The molecule has 0 radical (unpaired) electrons. The lowest BCUT2D eigenvalue weighted by Gasteiger charge is -2.10. The van der Waals surface area contributed by atoms with Gasteiger partial charge in [0.1, 0.15) is 12.4 Å². The van der Waals surface area contributed by atoms with Crippen molar-refractivity contribution in [2.75, 3.05) is 18.5 Å². The van der Waals surface area contributed by atoms with Crippen LogP contribution in [0.2, 0.25) is 0 Å². The molecular weight excluding hydrogens is 262 g/mol. The number of nitrogens with zero attached hydrogens (tertiary/aromatic N) is 2. The lowest BCUT2D eigenvalue weighted by Crippen LogP contribution is -2.06. The average Bonchev–Trinajstić information content (AvgIpc) is 2.53. The van der Waals surface area contributed by atoms with E-state index < -0.39 is 0 Å². The molecule has 1 aromatic carbocycles. The first kappa shape index (κ1) is 15.4. The molecule has 1 N–H and O–H groups in total. The molecule has 2 aromatic rings. The number of ether oxygens (including phenoxy) is 1. The van der Waals surface area contributed by atoms with E-state index in [4.69, 9.17) is 4.74 Å². The summed E-state index contributed by atoms with van der Waals surface area (Å²) in [7, 11) is 0. The number of aromatic nitrogens is 2. The van der Waals surface area contributed by atoms with Gasteiger partial charge in [0.05, 0.1) is 5.69 Å². The topological polar surface area (TPSA) is 47.0 Å². The van der Waals surface area contributed by atoms with Crippen molar-refractivity contribution in [2.45, 2.75) is 33.8 Å². The number of nitrogens with one attached hydrogen (secondary N) is 1. The molecule has 0 saturated heterocycles. The Labute approximate surface area is 126 Å². The van der Waals surface area contributed by atoms with Crippen LogP contribution in [0.5, 0.6) is 0 Å². The summed E-state index contributed by atoms with van der Waals surface area (Å²) in [5.41, 5.74) is 3.36. The van der Waals surface area contributed by atoms with Gasteiger partial charge in [0.25, 0.3) is 0 Å². The third-order valence-corrected chi connectivity index (χ3v) is 3.20. The Morgan fingerprint density at radius 2 is 1.95 bits per heavy atom. The van der Waals surface area contributed by atoms with Crippen molar-refractivity contribution < 1.29 is 4.74 Å². The summed E-state index contributed by atoms with van der Waals surface area (Å²) >= 11 is 0. The van der Waals surface area contributed by atoms with E-state index in [-0.39, 0.29) is 0 Å². The molecular formula is C17H23N3O. The van der Waals surface area contributed by atoms with Crippen LogP contribution >= 0.6 is 0 Å². The zero-order valence-corrected chi connectivity index (χ0v) is 13.0. The number of anilines is 1. The van der Waals surface area contributed by atoms with Crippen molar-refractivity contribution in [2.24, 2.45) is 0 Å². The molecule has 1 aromatic heterocycles. The first-order valence-corrected chi connectivity index (χ1v) is 7.55. The SMILES string of the molecule is CCNc1cc(-c2cccc(CC)c2)nc(COCC)n1. The van der Waals surface area contributed by atoms with Gasteiger partial charge in [0.2, 0.25) is 0 Å². The van der Waals surface area contributed by atoms with Crippen LogP contribution in [0.3, 0.4) is 0 Å². The van der Waals surface area contributed by atoms with E-state index in [2.05, 4.69) is 53.4 Å². The van der Waals surface area contributed by atoms with Crippen LogP contribution in [0.15, 0.2) is 30.3 Å². The molecule has 0 aliphatic heterocycles. The van der Waals surface area contributed by atoms with E-state index in [9.17, 15) is 0 Å². The van der Waals surface area contributed by atoms with Crippen molar-refractivity contribution in [3.05, 3.63) is 41.7 Å². The molecule has 0 spiro atoms. The van der Waals surface area contributed by atoms with Gasteiger partial charge in [-0.15, -0.1) is 0 Å². The van der Waals surface area contributed by atoms with Crippen LogP contribution in [-0.2, 0) is 17.8 Å². The summed E-state index contributed by atoms with van der Waals surface area (Å²) in [6, 6.07) is 10.5. The van der Waals surface area contributed by atoms with E-state index in [1.54, 1.807) is 0 Å². The van der Waals surface area contributed by atoms with Crippen LogP contribution < -0.4 is 5.32 Å². The highest BCUT2D eigenvalue weighted by Crippen LogP contribution is 2.21. The second-order valence-corrected chi connectivity index (χ2v) is 4.78. The van der Waals surface area contributed by atoms with Gasteiger partial charge in [-0.05, 0) is 31.9 Å². The minimum atomic E-state index is 0.441.